The standard InChI is InChI=1S/C24H27NO4S/c1-14-21(16(3)26)23(19-13-30-20-7-5-4-6-18(19)20)22(15(2)25-14)24(27)29-12-17-8-10-28-11-9-17/h4-7,13,17,23,25H,8-12H2,1-3H3. The monoisotopic (exact) mass is 425 g/mol. The van der Waals surface area contributed by atoms with Crippen LogP contribution >= 0.6 is 11.3 Å². The lowest BCUT2D eigenvalue weighted by molar-refractivity contribution is -0.141. The maximum atomic E-state index is 13.3. The van der Waals surface area contributed by atoms with Gasteiger partial charge in [0.25, 0.3) is 0 Å². The number of rotatable bonds is 5. The van der Waals surface area contributed by atoms with Gasteiger partial charge < -0.3 is 14.8 Å². The lowest BCUT2D eigenvalue weighted by Crippen LogP contribution is -2.32. The molecule has 0 spiro atoms. The Morgan fingerprint density at radius 2 is 1.83 bits per heavy atom. The van der Waals surface area contributed by atoms with Gasteiger partial charge >= 0.3 is 5.97 Å². The van der Waals surface area contributed by atoms with Crippen LogP contribution < -0.4 is 5.32 Å². The smallest absolute Gasteiger partial charge is 0.336 e. The van der Waals surface area contributed by atoms with E-state index in [1.54, 1.807) is 18.3 Å². The fourth-order valence-corrected chi connectivity index (χ4v) is 5.44. The van der Waals surface area contributed by atoms with Gasteiger partial charge in [-0.3, -0.25) is 4.79 Å². The summed E-state index contributed by atoms with van der Waals surface area (Å²) in [6.07, 6.45) is 1.81. The number of esters is 1. The Morgan fingerprint density at radius 1 is 1.13 bits per heavy atom. The van der Waals surface area contributed by atoms with Crippen LogP contribution in [-0.4, -0.2) is 31.6 Å². The third-order valence-corrected chi connectivity index (χ3v) is 6.95. The molecule has 6 heteroatoms. The van der Waals surface area contributed by atoms with Gasteiger partial charge in [-0.1, -0.05) is 18.2 Å². The highest BCUT2D eigenvalue weighted by atomic mass is 32.1. The van der Waals surface area contributed by atoms with Crippen LogP contribution in [0.5, 0.6) is 0 Å². The normalized spacial score (nSPS) is 20.4. The number of hydrogen-bond acceptors (Lipinski definition) is 6. The fraction of sp³-hybridized carbons (Fsp3) is 0.417. The minimum atomic E-state index is -0.429. The Kier molecular flexibility index (Phi) is 6.06. The van der Waals surface area contributed by atoms with E-state index in [1.165, 1.54) is 0 Å². The number of benzene rings is 1. The van der Waals surface area contributed by atoms with Crippen LogP contribution in [0.15, 0.2) is 52.2 Å². The zero-order valence-corrected chi connectivity index (χ0v) is 18.4. The molecule has 1 aromatic carbocycles. The predicted octanol–water partition coefficient (Wildman–Crippen LogP) is 4.69. The quantitative estimate of drug-likeness (QED) is 0.704. The molecular weight excluding hydrogens is 398 g/mol. The van der Waals surface area contributed by atoms with Gasteiger partial charge in [-0.25, -0.2) is 4.79 Å². The summed E-state index contributed by atoms with van der Waals surface area (Å²) in [5.41, 5.74) is 3.68. The predicted molar refractivity (Wildman–Crippen MR) is 118 cm³/mol. The SMILES string of the molecule is CC(=O)C1=C(C)NC(C)=C(C(=O)OCC2CCOCC2)C1c1csc2ccccc12. The fourth-order valence-electron chi connectivity index (χ4n) is 4.45. The third kappa shape index (κ3) is 3.94. The molecule has 2 aromatic rings. The number of nitrogens with one attached hydrogen (secondary N) is 1. The number of hydrogen-bond donors (Lipinski definition) is 1. The van der Waals surface area contributed by atoms with Gasteiger partial charge in [-0.15, -0.1) is 11.3 Å². The summed E-state index contributed by atoms with van der Waals surface area (Å²) in [5.74, 6) is -0.493. The van der Waals surface area contributed by atoms with Crippen LogP contribution in [0.3, 0.4) is 0 Å². The molecule has 2 aliphatic rings. The number of thiophene rings is 1. The molecular formula is C24H27NO4S. The van der Waals surface area contributed by atoms with E-state index in [9.17, 15) is 9.59 Å². The van der Waals surface area contributed by atoms with Crippen molar-refractivity contribution in [2.45, 2.75) is 39.5 Å². The summed E-state index contributed by atoms with van der Waals surface area (Å²) in [7, 11) is 0. The molecule has 0 saturated carbocycles. The summed E-state index contributed by atoms with van der Waals surface area (Å²) >= 11 is 1.63. The molecule has 5 nitrogen and oxygen atoms in total. The van der Waals surface area contributed by atoms with Crippen molar-refractivity contribution < 1.29 is 19.1 Å². The van der Waals surface area contributed by atoms with E-state index in [4.69, 9.17) is 9.47 Å². The summed E-state index contributed by atoms with van der Waals surface area (Å²) in [6, 6.07) is 8.11. The van der Waals surface area contributed by atoms with Gasteiger partial charge in [0.2, 0.25) is 0 Å². The first kappa shape index (κ1) is 20.8. The zero-order chi connectivity index (χ0) is 21.3. The molecule has 1 saturated heterocycles. The number of Topliss-reactive ketones (excluding diaryl/α,β-unsaturated/α-hetero) is 1. The molecule has 0 aliphatic carbocycles. The van der Waals surface area contributed by atoms with Crippen molar-refractivity contribution in [3.8, 4) is 0 Å². The van der Waals surface area contributed by atoms with E-state index >= 15 is 0 Å². The van der Waals surface area contributed by atoms with Crippen molar-refractivity contribution in [1.82, 2.24) is 5.32 Å². The molecule has 0 bridgehead atoms. The first-order valence-corrected chi connectivity index (χ1v) is 11.3. The number of allylic oxidation sites excluding steroid dienone is 3. The van der Waals surface area contributed by atoms with E-state index in [2.05, 4.69) is 22.8 Å². The van der Waals surface area contributed by atoms with Gasteiger partial charge in [0.05, 0.1) is 12.2 Å². The average molecular weight is 426 g/mol. The third-order valence-electron chi connectivity index (χ3n) is 5.97. The summed E-state index contributed by atoms with van der Waals surface area (Å²) in [4.78, 5) is 25.9. The lowest BCUT2D eigenvalue weighted by Gasteiger charge is -2.31. The molecule has 4 rings (SSSR count). The van der Waals surface area contributed by atoms with Crippen molar-refractivity contribution in [1.29, 1.82) is 0 Å². The van der Waals surface area contributed by atoms with Crippen LogP contribution in [0.25, 0.3) is 10.1 Å². The van der Waals surface area contributed by atoms with Crippen LogP contribution in [-0.2, 0) is 19.1 Å². The molecule has 30 heavy (non-hydrogen) atoms. The Hall–Kier alpha value is -2.44. The minimum Gasteiger partial charge on any atom is -0.462 e. The number of carbonyl (C=O) groups is 2. The minimum absolute atomic E-state index is 0.0393. The van der Waals surface area contributed by atoms with Crippen molar-refractivity contribution >= 4 is 33.2 Å². The van der Waals surface area contributed by atoms with Gasteiger partial charge in [0.1, 0.15) is 0 Å². The van der Waals surface area contributed by atoms with E-state index < -0.39 is 5.92 Å². The largest absolute Gasteiger partial charge is 0.462 e. The summed E-state index contributed by atoms with van der Waals surface area (Å²) in [6.45, 7) is 7.15. The summed E-state index contributed by atoms with van der Waals surface area (Å²) in [5, 5.41) is 6.38. The second-order valence-corrected chi connectivity index (χ2v) is 8.94. The van der Waals surface area contributed by atoms with E-state index in [0.717, 1.165) is 39.9 Å². The topological polar surface area (TPSA) is 64.6 Å². The van der Waals surface area contributed by atoms with Gasteiger partial charge in [0.15, 0.2) is 5.78 Å². The van der Waals surface area contributed by atoms with Gasteiger partial charge in [0, 0.05) is 40.8 Å². The lowest BCUT2D eigenvalue weighted by atomic mass is 9.79. The molecule has 3 heterocycles. The Bertz CT molecular complexity index is 1040. The highest BCUT2D eigenvalue weighted by Crippen LogP contribution is 2.43. The molecule has 0 radical (unpaired) electrons. The molecule has 1 unspecified atom stereocenters. The van der Waals surface area contributed by atoms with Gasteiger partial charge in [-0.05, 0) is 61.9 Å². The van der Waals surface area contributed by atoms with Gasteiger partial charge in [-0.2, -0.15) is 0 Å². The number of fused-ring (bicyclic) bond motifs is 1. The number of ketones is 1. The summed E-state index contributed by atoms with van der Waals surface area (Å²) < 4.78 is 12.3. The van der Waals surface area contributed by atoms with Crippen LogP contribution in [0.4, 0.5) is 0 Å². The Labute approximate surface area is 180 Å². The maximum absolute atomic E-state index is 13.3. The Morgan fingerprint density at radius 3 is 2.57 bits per heavy atom. The first-order valence-electron chi connectivity index (χ1n) is 10.4. The second kappa shape index (κ2) is 8.74. The van der Waals surface area contributed by atoms with Crippen LogP contribution in [0.1, 0.15) is 45.1 Å². The number of dihydropyridines is 1. The average Bonchev–Trinajstić information content (AvgIpc) is 3.16. The van der Waals surface area contributed by atoms with Crippen molar-refractivity contribution in [2.75, 3.05) is 19.8 Å². The maximum Gasteiger partial charge on any atom is 0.336 e. The number of carbonyl (C=O) groups excluding carboxylic acids is 2. The van der Waals surface area contributed by atoms with E-state index in [1.807, 2.05) is 26.0 Å². The second-order valence-electron chi connectivity index (χ2n) is 8.03. The molecule has 1 atom stereocenters. The molecule has 1 N–H and O–H groups in total. The zero-order valence-electron chi connectivity index (χ0n) is 17.6. The highest BCUT2D eigenvalue weighted by molar-refractivity contribution is 7.17. The van der Waals surface area contributed by atoms with Crippen molar-refractivity contribution in [3.63, 3.8) is 0 Å². The molecule has 158 valence electrons. The van der Waals surface area contributed by atoms with Crippen LogP contribution in [0.2, 0.25) is 0 Å². The Balaban J connectivity index is 1.72. The van der Waals surface area contributed by atoms with Crippen molar-refractivity contribution in [3.05, 3.63) is 57.7 Å². The molecule has 1 fully saturated rings. The van der Waals surface area contributed by atoms with E-state index in [-0.39, 0.29) is 11.8 Å². The molecule has 1 aromatic heterocycles. The van der Waals surface area contributed by atoms with Crippen LogP contribution in [0, 0.1) is 5.92 Å². The number of ether oxygens (including phenoxy) is 2. The van der Waals surface area contributed by atoms with Crippen molar-refractivity contribution in [2.24, 2.45) is 5.92 Å². The highest BCUT2D eigenvalue weighted by Gasteiger charge is 2.37. The van der Waals surface area contributed by atoms with E-state index in [0.29, 0.717) is 36.9 Å². The molecule has 2 aliphatic heterocycles. The first-order chi connectivity index (χ1) is 14.5. The molecule has 0 amide bonds.